The van der Waals surface area contributed by atoms with E-state index in [1.807, 2.05) is 0 Å². The maximum Gasteiger partial charge on any atom is 0.167 e. The molecule has 4 heteroatoms. The van der Waals surface area contributed by atoms with Crippen LogP contribution in [0.3, 0.4) is 0 Å². The van der Waals surface area contributed by atoms with Crippen molar-refractivity contribution >= 4 is 5.78 Å². The molecule has 0 spiro atoms. The summed E-state index contributed by atoms with van der Waals surface area (Å²) in [6, 6.07) is 2.05. The van der Waals surface area contributed by atoms with Crippen molar-refractivity contribution in [1.29, 1.82) is 0 Å². The van der Waals surface area contributed by atoms with Crippen molar-refractivity contribution in [3.05, 3.63) is 22.8 Å². The Bertz CT molecular complexity index is 553. The number of nitrogens with one attached hydrogen (secondary N) is 1. The normalized spacial score (nSPS) is 24.2. The zero-order valence-electron chi connectivity index (χ0n) is 12.3. The Morgan fingerprint density at radius 2 is 2.10 bits per heavy atom. The molecule has 0 amide bonds. The van der Waals surface area contributed by atoms with Crippen LogP contribution in [0.5, 0.6) is 11.5 Å². The molecule has 108 valence electrons. The lowest BCUT2D eigenvalue weighted by Gasteiger charge is -2.29. The van der Waals surface area contributed by atoms with Gasteiger partial charge in [0, 0.05) is 24.4 Å². The van der Waals surface area contributed by atoms with E-state index < -0.39 is 0 Å². The van der Waals surface area contributed by atoms with Gasteiger partial charge in [0.25, 0.3) is 0 Å². The monoisotopic (exact) mass is 275 g/mol. The fraction of sp³-hybridized carbons (Fsp3) is 0.562. The van der Waals surface area contributed by atoms with Crippen LogP contribution in [-0.4, -0.2) is 33.1 Å². The molecule has 1 unspecified atom stereocenters. The molecule has 1 aliphatic carbocycles. The number of benzene rings is 1. The number of methoxy groups -OCH3 is 2. The van der Waals surface area contributed by atoms with Crippen molar-refractivity contribution in [2.24, 2.45) is 5.92 Å². The molecular formula is C16H21NO3. The molecule has 1 aromatic carbocycles. The number of ether oxygens (including phenoxy) is 2. The van der Waals surface area contributed by atoms with Crippen molar-refractivity contribution in [1.82, 2.24) is 5.32 Å². The molecule has 1 saturated heterocycles. The number of hydrogen-bond donors (Lipinski definition) is 1. The van der Waals surface area contributed by atoms with Gasteiger partial charge in [-0.1, -0.05) is 6.92 Å². The van der Waals surface area contributed by atoms with Crippen LogP contribution >= 0.6 is 0 Å². The summed E-state index contributed by atoms with van der Waals surface area (Å²) in [6.45, 7) is 3.92. The highest BCUT2D eigenvalue weighted by atomic mass is 16.5. The molecule has 0 bridgehead atoms. The molecular weight excluding hydrogens is 254 g/mol. The van der Waals surface area contributed by atoms with E-state index in [1.54, 1.807) is 14.2 Å². The van der Waals surface area contributed by atoms with Crippen LogP contribution in [0.25, 0.3) is 0 Å². The van der Waals surface area contributed by atoms with Crippen LogP contribution in [0.4, 0.5) is 0 Å². The van der Waals surface area contributed by atoms with E-state index in [-0.39, 0.29) is 5.78 Å². The van der Waals surface area contributed by atoms with Crippen molar-refractivity contribution in [3.8, 4) is 11.5 Å². The predicted molar refractivity (Wildman–Crippen MR) is 77.0 cm³/mol. The third-order valence-electron chi connectivity index (χ3n) is 4.62. The summed E-state index contributed by atoms with van der Waals surface area (Å²) in [4.78, 5) is 12.5. The van der Waals surface area contributed by atoms with E-state index in [0.29, 0.717) is 18.3 Å². The first kappa shape index (κ1) is 13.4. The maximum absolute atomic E-state index is 12.5. The van der Waals surface area contributed by atoms with E-state index in [0.717, 1.165) is 47.7 Å². The maximum atomic E-state index is 12.5. The zero-order valence-corrected chi connectivity index (χ0v) is 12.3. The lowest BCUT2D eigenvalue weighted by molar-refractivity contribution is 0.0944. The second kappa shape index (κ2) is 5.09. The van der Waals surface area contributed by atoms with Gasteiger partial charge in [-0.3, -0.25) is 4.79 Å². The van der Waals surface area contributed by atoms with Crippen LogP contribution in [0.15, 0.2) is 6.07 Å². The first-order chi connectivity index (χ1) is 9.71. The van der Waals surface area contributed by atoms with Gasteiger partial charge in [-0.25, -0.2) is 0 Å². The minimum atomic E-state index is 0.208. The van der Waals surface area contributed by atoms with Gasteiger partial charge in [0.05, 0.1) is 19.8 Å². The van der Waals surface area contributed by atoms with Crippen LogP contribution in [0, 0.1) is 5.92 Å². The summed E-state index contributed by atoms with van der Waals surface area (Å²) >= 11 is 0. The third kappa shape index (κ3) is 1.82. The Hall–Kier alpha value is -1.55. The van der Waals surface area contributed by atoms with Crippen LogP contribution < -0.4 is 14.8 Å². The standard InChI is InChI=1S/C16H21NO3/c1-4-10-14(19-2)6-11-12-8-17-7-9(12)5-13(18)15(11)16(10)20-3/h6,9,12,17H,4-5,7-8H2,1-3H3/t9-,12?/m1/s1. The van der Waals surface area contributed by atoms with Gasteiger partial charge in [0.2, 0.25) is 0 Å². The van der Waals surface area contributed by atoms with E-state index in [1.165, 1.54) is 0 Å². The second-order valence-electron chi connectivity index (χ2n) is 5.56. The first-order valence-electron chi connectivity index (χ1n) is 7.22. The highest BCUT2D eigenvalue weighted by Gasteiger charge is 2.40. The summed E-state index contributed by atoms with van der Waals surface area (Å²) in [6.07, 6.45) is 1.41. The van der Waals surface area contributed by atoms with E-state index in [4.69, 9.17) is 9.47 Å². The summed E-state index contributed by atoms with van der Waals surface area (Å²) in [5.74, 6) is 2.58. The predicted octanol–water partition coefficient (Wildman–Crippen LogP) is 2.16. The fourth-order valence-electron chi connectivity index (χ4n) is 3.67. The number of rotatable bonds is 3. The Morgan fingerprint density at radius 3 is 2.75 bits per heavy atom. The number of ketones is 1. The highest BCUT2D eigenvalue weighted by molar-refractivity contribution is 6.02. The zero-order chi connectivity index (χ0) is 14.3. The van der Waals surface area contributed by atoms with Gasteiger partial charge in [-0.05, 0) is 30.5 Å². The largest absolute Gasteiger partial charge is 0.496 e. The smallest absolute Gasteiger partial charge is 0.167 e. The minimum absolute atomic E-state index is 0.208. The SMILES string of the molecule is CCc1c(OC)cc2c(c1OC)C(=O)C[C@@H]1CNCC21. The number of fused-ring (bicyclic) bond motifs is 3. The van der Waals surface area contributed by atoms with Crippen molar-refractivity contribution in [3.63, 3.8) is 0 Å². The molecule has 0 saturated carbocycles. The minimum Gasteiger partial charge on any atom is -0.496 e. The van der Waals surface area contributed by atoms with E-state index in [9.17, 15) is 4.79 Å². The van der Waals surface area contributed by atoms with Crippen LogP contribution in [0.2, 0.25) is 0 Å². The van der Waals surface area contributed by atoms with Gasteiger partial charge < -0.3 is 14.8 Å². The molecule has 4 nitrogen and oxygen atoms in total. The molecule has 0 aromatic heterocycles. The second-order valence-corrected chi connectivity index (χ2v) is 5.56. The van der Waals surface area contributed by atoms with Crippen molar-refractivity contribution < 1.29 is 14.3 Å². The van der Waals surface area contributed by atoms with Gasteiger partial charge >= 0.3 is 0 Å². The summed E-state index contributed by atoms with van der Waals surface area (Å²) < 4.78 is 11.1. The van der Waals surface area contributed by atoms with Gasteiger partial charge in [-0.2, -0.15) is 0 Å². The molecule has 2 atom stereocenters. The molecule has 20 heavy (non-hydrogen) atoms. The Kier molecular flexibility index (Phi) is 3.42. The van der Waals surface area contributed by atoms with Crippen LogP contribution in [0.1, 0.15) is 40.7 Å². The Labute approximate surface area is 119 Å². The average molecular weight is 275 g/mol. The van der Waals surface area contributed by atoms with Crippen molar-refractivity contribution in [2.45, 2.75) is 25.7 Å². The first-order valence-corrected chi connectivity index (χ1v) is 7.22. The van der Waals surface area contributed by atoms with Gasteiger partial charge in [0.1, 0.15) is 11.5 Å². The molecule has 1 N–H and O–H groups in total. The number of Topliss-reactive ketones (excluding diaryl/α,β-unsaturated/α-hetero) is 1. The lowest BCUT2D eigenvalue weighted by atomic mass is 9.75. The number of carbonyl (C=O) groups is 1. The van der Waals surface area contributed by atoms with Gasteiger partial charge in [0.15, 0.2) is 5.78 Å². The molecule has 1 aliphatic heterocycles. The molecule has 2 aliphatic rings. The molecule has 1 fully saturated rings. The molecule has 1 heterocycles. The molecule has 3 rings (SSSR count). The average Bonchev–Trinajstić information content (AvgIpc) is 2.93. The van der Waals surface area contributed by atoms with Crippen molar-refractivity contribution in [2.75, 3.05) is 27.3 Å². The number of hydrogen-bond acceptors (Lipinski definition) is 4. The summed E-state index contributed by atoms with van der Waals surface area (Å²) in [5.41, 5.74) is 2.88. The van der Waals surface area contributed by atoms with E-state index in [2.05, 4.69) is 18.3 Å². The highest BCUT2D eigenvalue weighted by Crippen LogP contribution is 2.46. The Morgan fingerprint density at radius 1 is 1.30 bits per heavy atom. The molecule has 1 aromatic rings. The molecule has 0 radical (unpaired) electrons. The summed E-state index contributed by atoms with van der Waals surface area (Å²) in [7, 11) is 3.32. The lowest BCUT2D eigenvalue weighted by Crippen LogP contribution is -2.25. The summed E-state index contributed by atoms with van der Waals surface area (Å²) in [5, 5.41) is 3.40. The van der Waals surface area contributed by atoms with Crippen LogP contribution in [-0.2, 0) is 6.42 Å². The van der Waals surface area contributed by atoms with E-state index >= 15 is 0 Å². The topological polar surface area (TPSA) is 47.6 Å². The fourth-order valence-corrected chi connectivity index (χ4v) is 3.67. The Balaban J connectivity index is 2.24. The van der Waals surface area contributed by atoms with Gasteiger partial charge in [-0.15, -0.1) is 0 Å². The quantitative estimate of drug-likeness (QED) is 0.918. The third-order valence-corrected chi connectivity index (χ3v) is 4.62. The number of carbonyl (C=O) groups excluding carboxylic acids is 1.